The van der Waals surface area contributed by atoms with Gasteiger partial charge in [-0.3, -0.25) is 14.9 Å². The van der Waals surface area contributed by atoms with E-state index in [1.54, 1.807) is 26.8 Å². The van der Waals surface area contributed by atoms with Crippen LogP contribution in [0.4, 0.5) is 26.5 Å². The summed E-state index contributed by atoms with van der Waals surface area (Å²) >= 11 is 24.9. The fourth-order valence-electron chi connectivity index (χ4n) is 3.94. The van der Waals surface area contributed by atoms with Gasteiger partial charge < -0.3 is 15.4 Å². The number of ether oxygens (including phenoxy) is 1. The molecule has 1 heterocycles. The number of halogens is 5. The number of rotatable bonds is 6. The van der Waals surface area contributed by atoms with E-state index in [0.717, 1.165) is 0 Å². The van der Waals surface area contributed by atoms with Crippen molar-refractivity contribution in [3.8, 4) is 0 Å². The normalized spacial score (nSPS) is 17.5. The molecule has 210 valence electrons. The maximum Gasteiger partial charge on any atom is 0.413 e. The van der Waals surface area contributed by atoms with Gasteiger partial charge in [0.2, 0.25) is 5.91 Å². The summed E-state index contributed by atoms with van der Waals surface area (Å²) in [4.78, 5) is 42.2. The molecule has 8 nitrogen and oxygen atoms in total. The van der Waals surface area contributed by atoms with Crippen molar-refractivity contribution in [2.24, 2.45) is 5.92 Å². The predicted molar refractivity (Wildman–Crippen MR) is 154 cm³/mol. The van der Waals surface area contributed by atoms with Crippen LogP contribution >= 0.6 is 46.4 Å². The first-order valence-electron chi connectivity index (χ1n) is 11.9. The van der Waals surface area contributed by atoms with Gasteiger partial charge in [-0.15, -0.1) is 23.2 Å². The molecule has 3 N–H and O–H groups in total. The molecule has 1 fully saturated rings. The number of nitrogens with zero attached hydrogens (tertiary/aromatic N) is 1. The van der Waals surface area contributed by atoms with E-state index in [-0.39, 0.29) is 32.9 Å². The smallest absolute Gasteiger partial charge is 0.413 e. The third kappa shape index (κ3) is 6.96. The molecule has 13 heteroatoms. The third-order valence-corrected chi connectivity index (χ3v) is 7.30. The largest absolute Gasteiger partial charge is 0.444 e. The van der Waals surface area contributed by atoms with Gasteiger partial charge >= 0.3 is 6.09 Å². The van der Waals surface area contributed by atoms with Crippen molar-refractivity contribution < 1.29 is 23.5 Å². The molecule has 4 rings (SSSR count). The van der Waals surface area contributed by atoms with E-state index >= 15 is 0 Å². The highest BCUT2D eigenvalue weighted by Gasteiger charge is 2.67. The van der Waals surface area contributed by atoms with Crippen LogP contribution < -0.4 is 16.0 Å². The van der Waals surface area contributed by atoms with E-state index in [2.05, 4.69) is 20.9 Å². The summed E-state index contributed by atoms with van der Waals surface area (Å²) in [5, 5.41) is 7.80. The highest BCUT2D eigenvalue weighted by Crippen LogP contribution is 2.65. The Hall–Kier alpha value is -3.11. The molecule has 0 bridgehead atoms. The Bertz CT molecular complexity index is 1500. The minimum Gasteiger partial charge on any atom is -0.444 e. The van der Waals surface area contributed by atoms with Gasteiger partial charge in [0.05, 0.1) is 21.5 Å². The summed E-state index contributed by atoms with van der Waals surface area (Å²) in [5.41, 5.74) is 0.132. The van der Waals surface area contributed by atoms with E-state index in [1.165, 1.54) is 48.5 Å². The molecule has 2 atom stereocenters. The summed E-state index contributed by atoms with van der Waals surface area (Å²) in [7, 11) is 0. The van der Waals surface area contributed by atoms with Crippen LogP contribution in [-0.4, -0.2) is 32.8 Å². The molecule has 1 saturated carbocycles. The van der Waals surface area contributed by atoms with Gasteiger partial charge in [-0.1, -0.05) is 35.3 Å². The topological polar surface area (TPSA) is 109 Å². The fraction of sp³-hybridized carbons (Fsp3) is 0.259. The molecule has 2 unspecified atom stereocenters. The maximum absolute atomic E-state index is 13.6. The highest BCUT2D eigenvalue weighted by atomic mass is 35.5. The molecule has 1 aliphatic carbocycles. The summed E-state index contributed by atoms with van der Waals surface area (Å²) in [6, 6.07) is 13.0. The molecular weight excluding hydrogens is 605 g/mol. The number of anilines is 3. The molecule has 0 aliphatic heterocycles. The molecule has 0 radical (unpaired) electrons. The second kappa shape index (κ2) is 11.4. The van der Waals surface area contributed by atoms with E-state index in [4.69, 9.17) is 51.1 Å². The van der Waals surface area contributed by atoms with Crippen LogP contribution in [0.5, 0.6) is 0 Å². The van der Waals surface area contributed by atoms with Crippen molar-refractivity contribution in [3.05, 3.63) is 81.6 Å². The standard InChI is InChI=1S/C27H23Cl4FN4O4/c1-26(2,3)40-25(39)36-20-6-4-5-19(34-20)35-23(37)15-12-14(8-9-16(15)28)33-24(38)22-21(27(22,30)31)13-7-10-18(32)17(29)11-13/h4-12,21-22H,1-3H3,(H,33,38)(H2,34,35,36,37,39). The van der Waals surface area contributed by atoms with Gasteiger partial charge in [0.1, 0.15) is 27.4 Å². The van der Waals surface area contributed by atoms with E-state index in [1.807, 2.05) is 0 Å². The Balaban J connectivity index is 1.44. The van der Waals surface area contributed by atoms with Crippen LogP contribution in [-0.2, 0) is 9.53 Å². The number of alkyl halides is 2. The lowest BCUT2D eigenvalue weighted by atomic mass is 10.1. The molecule has 3 aromatic rings. The first-order valence-corrected chi connectivity index (χ1v) is 13.4. The Kier molecular flexibility index (Phi) is 8.52. The molecule has 3 amide bonds. The van der Waals surface area contributed by atoms with E-state index in [9.17, 15) is 18.8 Å². The summed E-state index contributed by atoms with van der Waals surface area (Å²) in [6.45, 7) is 5.18. The number of carbonyl (C=O) groups excluding carboxylic acids is 3. The summed E-state index contributed by atoms with van der Waals surface area (Å²) in [6.07, 6.45) is -0.701. The second-order valence-electron chi connectivity index (χ2n) is 9.98. The summed E-state index contributed by atoms with van der Waals surface area (Å²) in [5.74, 6) is -2.89. The average Bonchev–Trinajstić information content (AvgIpc) is 3.42. The zero-order valence-electron chi connectivity index (χ0n) is 21.3. The molecule has 0 spiro atoms. The van der Waals surface area contributed by atoms with Crippen LogP contribution in [0.15, 0.2) is 54.6 Å². The quantitative estimate of drug-likeness (QED) is 0.243. The van der Waals surface area contributed by atoms with Gasteiger partial charge in [0, 0.05) is 11.6 Å². The van der Waals surface area contributed by atoms with E-state index < -0.39 is 45.5 Å². The van der Waals surface area contributed by atoms with Crippen molar-refractivity contribution >= 4 is 81.6 Å². The number of amides is 3. The number of nitrogens with one attached hydrogen (secondary N) is 3. The van der Waals surface area contributed by atoms with Crippen LogP contribution in [0.25, 0.3) is 0 Å². The highest BCUT2D eigenvalue weighted by molar-refractivity contribution is 6.53. The average molecular weight is 628 g/mol. The number of hydrogen-bond acceptors (Lipinski definition) is 5. The van der Waals surface area contributed by atoms with Crippen molar-refractivity contribution in [3.63, 3.8) is 0 Å². The number of aromatic nitrogens is 1. The third-order valence-electron chi connectivity index (χ3n) is 5.74. The number of pyridine rings is 1. The molecule has 1 aliphatic rings. The molecular formula is C27H23Cl4FN4O4. The first-order chi connectivity index (χ1) is 18.7. The van der Waals surface area contributed by atoms with Crippen molar-refractivity contribution in [1.29, 1.82) is 0 Å². The second-order valence-corrected chi connectivity index (χ2v) is 12.2. The SMILES string of the molecule is CC(C)(C)OC(=O)Nc1cccc(NC(=O)c2cc(NC(=O)C3C(c4ccc(F)c(Cl)c4)C3(Cl)Cl)ccc2Cl)n1. The van der Waals surface area contributed by atoms with Gasteiger partial charge in [-0.25, -0.2) is 14.2 Å². The number of benzene rings is 2. The van der Waals surface area contributed by atoms with Gasteiger partial charge in [0.15, 0.2) is 0 Å². The zero-order valence-corrected chi connectivity index (χ0v) is 24.3. The van der Waals surface area contributed by atoms with Crippen LogP contribution in [0.1, 0.15) is 42.6 Å². The monoisotopic (exact) mass is 626 g/mol. The predicted octanol–water partition coefficient (Wildman–Crippen LogP) is 7.65. The van der Waals surface area contributed by atoms with Crippen molar-refractivity contribution in [2.45, 2.75) is 36.6 Å². The minimum atomic E-state index is -1.43. The first kappa shape index (κ1) is 29.9. The lowest BCUT2D eigenvalue weighted by Gasteiger charge is -2.19. The summed E-state index contributed by atoms with van der Waals surface area (Å²) < 4.78 is 17.3. The maximum atomic E-state index is 13.6. The van der Waals surface area contributed by atoms with E-state index in [0.29, 0.717) is 5.56 Å². The minimum absolute atomic E-state index is 0.0486. The van der Waals surface area contributed by atoms with Gasteiger partial charge in [-0.05, 0) is 68.8 Å². The van der Waals surface area contributed by atoms with Crippen molar-refractivity contribution in [2.75, 3.05) is 16.0 Å². The Morgan fingerprint density at radius 1 is 0.925 bits per heavy atom. The number of carbonyl (C=O) groups is 3. The van der Waals surface area contributed by atoms with Crippen LogP contribution in [0.2, 0.25) is 10.0 Å². The lowest BCUT2D eigenvalue weighted by molar-refractivity contribution is -0.117. The molecule has 2 aromatic carbocycles. The van der Waals surface area contributed by atoms with Crippen molar-refractivity contribution in [1.82, 2.24) is 4.98 Å². The number of hydrogen-bond donors (Lipinski definition) is 3. The molecule has 40 heavy (non-hydrogen) atoms. The van der Waals surface area contributed by atoms with Gasteiger partial charge in [0.25, 0.3) is 5.91 Å². The molecule has 0 saturated heterocycles. The Morgan fingerprint density at radius 3 is 2.25 bits per heavy atom. The Morgan fingerprint density at radius 2 is 1.60 bits per heavy atom. The molecule has 1 aromatic heterocycles. The van der Waals surface area contributed by atoms with Crippen LogP contribution in [0.3, 0.4) is 0 Å². The zero-order chi connectivity index (χ0) is 29.4. The lowest BCUT2D eigenvalue weighted by Crippen LogP contribution is -2.27. The fourth-order valence-corrected chi connectivity index (χ4v) is 5.16. The van der Waals surface area contributed by atoms with Gasteiger partial charge in [-0.2, -0.15) is 0 Å². The Labute approximate surface area is 249 Å². The van der Waals surface area contributed by atoms with Crippen LogP contribution in [0, 0.1) is 11.7 Å².